The van der Waals surface area contributed by atoms with Crippen molar-refractivity contribution in [2.75, 3.05) is 11.1 Å². The SMILES string of the molecule is Nc1nc(NC2CCCC2)cc(-c2cccc(Cl)c2Cl)n1. The molecule has 0 saturated heterocycles. The van der Waals surface area contributed by atoms with Crippen LogP contribution in [0, 0.1) is 0 Å². The molecule has 1 heterocycles. The van der Waals surface area contributed by atoms with E-state index < -0.39 is 0 Å². The summed E-state index contributed by atoms with van der Waals surface area (Å²) in [6.07, 6.45) is 4.84. The van der Waals surface area contributed by atoms with Crippen LogP contribution in [0.2, 0.25) is 10.0 Å². The van der Waals surface area contributed by atoms with Gasteiger partial charge in [-0.1, -0.05) is 48.2 Å². The highest BCUT2D eigenvalue weighted by molar-refractivity contribution is 6.43. The first-order valence-electron chi connectivity index (χ1n) is 6.99. The Morgan fingerprint density at radius 1 is 1.14 bits per heavy atom. The maximum atomic E-state index is 6.25. The van der Waals surface area contributed by atoms with Gasteiger partial charge in [0.15, 0.2) is 0 Å². The lowest BCUT2D eigenvalue weighted by Gasteiger charge is -2.14. The van der Waals surface area contributed by atoms with E-state index in [1.165, 1.54) is 12.8 Å². The van der Waals surface area contributed by atoms with Gasteiger partial charge in [-0.3, -0.25) is 0 Å². The number of anilines is 2. The van der Waals surface area contributed by atoms with E-state index in [1.807, 2.05) is 18.2 Å². The lowest BCUT2D eigenvalue weighted by molar-refractivity contribution is 0.750. The first-order chi connectivity index (χ1) is 10.1. The second kappa shape index (κ2) is 6.08. The number of nitrogen functional groups attached to an aromatic ring is 1. The average molecular weight is 323 g/mol. The van der Waals surface area contributed by atoms with Gasteiger partial charge in [-0.25, -0.2) is 4.98 Å². The van der Waals surface area contributed by atoms with Gasteiger partial charge in [0.2, 0.25) is 5.95 Å². The topological polar surface area (TPSA) is 63.8 Å². The molecule has 0 unspecified atom stereocenters. The van der Waals surface area contributed by atoms with Crippen LogP contribution in [-0.4, -0.2) is 16.0 Å². The van der Waals surface area contributed by atoms with Crippen molar-refractivity contribution >= 4 is 35.0 Å². The fourth-order valence-electron chi connectivity index (χ4n) is 2.66. The zero-order valence-corrected chi connectivity index (χ0v) is 13.0. The third-order valence-electron chi connectivity index (χ3n) is 3.68. The molecule has 0 atom stereocenters. The molecule has 0 spiro atoms. The van der Waals surface area contributed by atoms with Crippen molar-refractivity contribution in [2.24, 2.45) is 0 Å². The molecule has 3 N–H and O–H groups in total. The summed E-state index contributed by atoms with van der Waals surface area (Å²) in [5, 5.41) is 4.39. The lowest BCUT2D eigenvalue weighted by atomic mass is 10.1. The number of rotatable bonds is 3. The zero-order valence-electron chi connectivity index (χ0n) is 11.4. The molecule has 1 aliphatic carbocycles. The Bertz CT molecular complexity index is 654. The third kappa shape index (κ3) is 3.22. The molecule has 21 heavy (non-hydrogen) atoms. The van der Waals surface area contributed by atoms with Gasteiger partial charge in [-0.05, 0) is 18.9 Å². The van der Waals surface area contributed by atoms with Crippen molar-refractivity contribution in [1.29, 1.82) is 0 Å². The van der Waals surface area contributed by atoms with Crippen LogP contribution >= 0.6 is 23.2 Å². The molecule has 1 aromatic carbocycles. The Kier molecular flexibility index (Phi) is 4.17. The van der Waals surface area contributed by atoms with Crippen LogP contribution in [-0.2, 0) is 0 Å². The monoisotopic (exact) mass is 322 g/mol. The number of aromatic nitrogens is 2. The molecule has 0 radical (unpaired) electrons. The summed E-state index contributed by atoms with van der Waals surface area (Å²) in [6, 6.07) is 7.78. The fourth-order valence-corrected chi connectivity index (χ4v) is 3.06. The summed E-state index contributed by atoms with van der Waals surface area (Å²) in [6.45, 7) is 0. The van der Waals surface area contributed by atoms with Crippen molar-refractivity contribution in [1.82, 2.24) is 9.97 Å². The fraction of sp³-hybridized carbons (Fsp3) is 0.333. The second-order valence-electron chi connectivity index (χ2n) is 5.22. The van der Waals surface area contributed by atoms with E-state index in [0.29, 0.717) is 21.8 Å². The van der Waals surface area contributed by atoms with E-state index in [4.69, 9.17) is 28.9 Å². The molecule has 4 nitrogen and oxygen atoms in total. The van der Waals surface area contributed by atoms with E-state index in [0.717, 1.165) is 24.2 Å². The summed E-state index contributed by atoms with van der Waals surface area (Å²) in [7, 11) is 0. The van der Waals surface area contributed by atoms with Crippen LogP contribution in [0.5, 0.6) is 0 Å². The smallest absolute Gasteiger partial charge is 0.222 e. The molecular weight excluding hydrogens is 307 g/mol. The van der Waals surface area contributed by atoms with E-state index in [-0.39, 0.29) is 5.95 Å². The van der Waals surface area contributed by atoms with Gasteiger partial charge < -0.3 is 11.1 Å². The van der Waals surface area contributed by atoms with Gasteiger partial charge >= 0.3 is 0 Å². The van der Waals surface area contributed by atoms with Crippen LogP contribution in [0.3, 0.4) is 0 Å². The Balaban J connectivity index is 1.95. The molecule has 1 aromatic heterocycles. The molecule has 6 heteroatoms. The van der Waals surface area contributed by atoms with Gasteiger partial charge in [-0.2, -0.15) is 4.98 Å². The van der Waals surface area contributed by atoms with Gasteiger partial charge in [0, 0.05) is 17.7 Å². The van der Waals surface area contributed by atoms with Crippen molar-refractivity contribution < 1.29 is 0 Å². The zero-order chi connectivity index (χ0) is 14.8. The molecule has 1 saturated carbocycles. The molecular formula is C15H16Cl2N4. The summed E-state index contributed by atoms with van der Waals surface area (Å²) in [4.78, 5) is 8.52. The quantitative estimate of drug-likeness (QED) is 0.879. The Morgan fingerprint density at radius 3 is 2.67 bits per heavy atom. The second-order valence-corrected chi connectivity index (χ2v) is 6.01. The number of hydrogen-bond donors (Lipinski definition) is 2. The third-order valence-corrected chi connectivity index (χ3v) is 4.50. The standard InChI is InChI=1S/C15H16Cl2N4/c16-11-7-3-6-10(14(11)17)12-8-13(21-15(18)20-12)19-9-4-1-2-5-9/h3,6-9H,1-2,4-5H2,(H3,18,19,20,21). The number of benzene rings is 1. The minimum atomic E-state index is 0.226. The summed E-state index contributed by atoms with van der Waals surface area (Å²) in [5.74, 6) is 0.962. The average Bonchev–Trinajstić information content (AvgIpc) is 2.94. The van der Waals surface area contributed by atoms with Crippen molar-refractivity contribution in [3.8, 4) is 11.3 Å². The van der Waals surface area contributed by atoms with Crippen molar-refractivity contribution in [3.05, 3.63) is 34.3 Å². The van der Waals surface area contributed by atoms with Crippen molar-refractivity contribution in [3.63, 3.8) is 0 Å². The van der Waals surface area contributed by atoms with Crippen LogP contribution in [0.25, 0.3) is 11.3 Å². The van der Waals surface area contributed by atoms with E-state index >= 15 is 0 Å². The molecule has 0 bridgehead atoms. The van der Waals surface area contributed by atoms with Crippen LogP contribution in [0.15, 0.2) is 24.3 Å². The molecule has 3 rings (SSSR count). The number of nitrogens with zero attached hydrogens (tertiary/aromatic N) is 2. The maximum absolute atomic E-state index is 6.25. The Hall–Kier alpha value is -1.52. The molecule has 1 aliphatic rings. The Morgan fingerprint density at radius 2 is 1.90 bits per heavy atom. The summed E-state index contributed by atoms with van der Waals surface area (Å²) < 4.78 is 0. The maximum Gasteiger partial charge on any atom is 0.222 e. The molecule has 2 aromatic rings. The first kappa shape index (κ1) is 14.4. The van der Waals surface area contributed by atoms with Crippen LogP contribution in [0.4, 0.5) is 11.8 Å². The van der Waals surface area contributed by atoms with E-state index in [1.54, 1.807) is 6.07 Å². The lowest BCUT2D eigenvalue weighted by Crippen LogP contribution is -2.16. The number of hydrogen-bond acceptors (Lipinski definition) is 4. The number of nitrogens with one attached hydrogen (secondary N) is 1. The summed E-state index contributed by atoms with van der Waals surface area (Å²) in [5.41, 5.74) is 7.25. The van der Waals surface area contributed by atoms with Gasteiger partial charge in [0.1, 0.15) is 5.82 Å². The molecule has 110 valence electrons. The Labute approximate surface area is 133 Å². The number of halogens is 2. The minimum absolute atomic E-state index is 0.226. The highest BCUT2D eigenvalue weighted by Crippen LogP contribution is 2.33. The van der Waals surface area contributed by atoms with Gasteiger partial charge in [0.05, 0.1) is 15.7 Å². The van der Waals surface area contributed by atoms with E-state index in [9.17, 15) is 0 Å². The highest BCUT2D eigenvalue weighted by Gasteiger charge is 2.16. The predicted octanol–water partition coefficient (Wildman–Crippen LogP) is 4.39. The van der Waals surface area contributed by atoms with E-state index in [2.05, 4.69) is 15.3 Å². The van der Waals surface area contributed by atoms with Crippen LogP contribution < -0.4 is 11.1 Å². The number of nitrogens with two attached hydrogens (primary N) is 1. The first-order valence-corrected chi connectivity index (χ1v) is 7.74. The molecule has 0 aliphatic heterocycles. The highest BCUT2D eigenvalue weighted by atomic mass is 35.5. The largest absolute Gasteiger partial charge is 0.368 e. The normalized spacial score (nSPS) is 15.3. The van der Waals surface area contributed by atoms with Crippen LogP contribution in [0.1, 0.15) is 25.7 Å². The molecule has 1 fully saturated rings. The van der Waals surface area contributed by atoms with Gasteiger partial charge in [-0.15, -0.1) is 0 Å². The summed E-state index contributed by atoms with van der Waals surface area (Å²) >= 11 is 12.3. The minimum Gasteiger partial charge on any atom is -0.368 e. The van der Waals surface area contributed by atoms with Gasteiger partial charge in [0.25, 0.3) is 0 Å². The molecule has 0 amide bonds. The predicted molar refractivity (Wildman–Crippen MR) is 87.8 cm³/mol. The van der Waals surface area contributed by atoms with Crippen molar-refractivity contribution in [2.45, 2.75) is 31.7 Å².